The van der Waals surface area contributed by atoms with Gasteiger partial charge in [-0.05, 0) is 6.92 Å². The third-order valence-electron chi connectivity index (χ3n) is 3.36. The molecule has 0 saturated carbocycles. The molecule has 96 valence electrons. The lowest BCUT2D eigenvalue weighted by Gasteiger charge is -2.15. The van der Waals surface area contributed by atoms with Crippen LogP contribution in [0, 0.1) is 0 Å². The van der Waals surface area contributed by atoms with Crippen LogP contribution in [-0.2, 0) is 6.42 Å². The van der Waals surface area contributed by atoms with Crippen molar-refractivity contribution in [2.75, 3.05) is 13.3 Å². The van der Waals surface area contributed by atoms with Gasteiger partial charge in [0, 0.05) is 31.1 Å². The maximum absolute atomic E-state index is 5.79. The van der Waals surface area contributed by atoms with Crippen molar-refractivity contribution in [3.63, 3.8) is 0 Å². The minimum absolute atomic E-state index is 0.227. The van der Waals surface area contributed by atoms with Crippen molar-refractivity contribution in [2.45, 2.75) is 26.3 Å². The normalized spacial score (nSPS) is 15.3. The van der Waals surface area contributed by atoms with Crippen LogP contribution in [0.25, 0.3) is 11.0 Å². The monoisotopic (exact) mass is 247 g/mol. The molecule has 1 aromatic carbocycles. The Balaban J connectivity index is 2.25. The fourth-order valence-corrected chi connectivity index (χ4v) is 2.38. The first-order valence-corrected chi connectivity index (χ1v) is 6.25. The number of aromatic nitrogens is 2. The Labute approximate surface area is 106 Å². The van der Waals surface area contributed by atoms with Crippen molar-refractivity contribution in [2.24, 2.45) is 5.73 Å². The minimum Gasteiger partial charge on any atom is -0.454 e. The van der Waals surface area contributed by atoms with E-state index in [1.165, 1.54) is 0 Å². The van der Waals surface area contributed by atoms with E-state index in [1.807, 2.05) is 12.1 Å². The molecule has 2 heterocycles. The SMILES string of the molecule is CCc1nc2cc3c(cc2n1C(C)CN)OCO3. The van der Waals surface area contributed by atoms with Gasteiger partial charge in [-0.25, -0.2) is 4.98 Å². The van der Waals surface area contributed by atoms with Crippen molar-refractivity contribution in [1.29, 1.82) is 0 Å². The summed E-state index contributed by atoms with van der Waals surface area (Å²) in [6.45, 7) is 5.08. The molecule has 1 atom stereocenters. The highest BCUT2D eigenvalue weighted by Gasteiger charge is 2.20. The zero-order chi connectivity index (χ0) is 12.7. The van der Waals surface area contributed by atoms with Crippen molar-refractivity contribution in [3.05, 3.63) is 18.0 Å². The van der Waals surface area contributed by atoms with E-state index < -0.39 is 0 Å². The van der Waals surface area contributed by atoms with Gasteiger partial charge in [0.1, 0.15) is 5.82 Å². The van der Waals surface area contributed by atoms with Gasteiger partial charge in [0.25, 0.3) is 0 Å². The molecular formula is C13H17N3O2. The Kier molecular flexibility index (Phi) is 2.63. The molecule has 0 saturated heterocycles. The van der Waals surface area contributed by atoms with Crippen LogP contribution in [-0.4, -0.2) is 22.9 Å². The van der Waals surface area contributed by atoms with Crippen LogP contribution in [0.4, 0.5) is 0 Å². The van der Waals surface area contributed by atoms with E-state index >= 15 is 0 Å². The summed E-state index contributed by atoms with van der Waals surface area (Å²) in [5.74, 6) is 2.61. The molecular weight excluding hydrogens is 230 g/mol. The molecule has 1 aliphatic rings. The van der Waals surface area contributed by atoms with Crippen LogP contribution in [0.15, 0.2) is 12.1 Å². The van der Waals surface area contributed by atoms with Crippen LogP contribution < -0.4 is 15.2 Å². The molecule has 0 fully saturated rings. The van der Waals surface area contributed by atoms with Gasteiger partial charge in [0.15, 0.2) is 11.5 Å². The van der Waals surface area contributed by atoms with Crippen molar-refractivity contribution in [3.8, 4) is 11.5 Å². The summed E-state index contributed by atoms with van der Waals surface area (Å²) in [6.07, 6.45) is 0.880. The van der Waals surface area contributed by atoms with E-state index in [2.05, 4.69) is 23.4 Å². The van der Waals surface area contributed by atoms with Gasteiger partial charge in [0.2, 0.25) is 6.79 Å². The second kappa shape index (κ2) is 4.17. The number of aryl methyl sites for hydroxylation is 1. The van der Waals surface area contributed by atoms with E-state index in [4.69, 9.17) is 15.2 Å². The first-order valence-electron chi connectivity index (χ1n) is 6.25. The second-order valence-corrected chi connectivity index (χ2v) is 4.53. The van der Waals surface area contributed by atoms with Crippen molar-refractivity contribution in [1.82, 2.24) is 9.55 Å². The molecule has 2 N–H and O–H groups in total. The predicted molar refractivity (Wildman–Crippen MR) is 69.0 cm³/mol. The maximum atomic E-state index is 5.79. The fourth-order valence-electron chi connectivity index (χ4n) is 2.38. The summed E-state index contributed by atoms with van der Waals surface area (Å²) >= 11 is 0. The van der Waals surface area contributed by atoms with Crippen molar-refractivity contribution >= 4 is 11.0 Å². The molecule has 0 spiro atoms. The van der Waals surface area contributed by atoms with Gasteiger partial charge in [-0.15, -0.1) is 0 Å². The molecule has 0 aliphatic carbocycles. The Bertz CT molecular complexity index is 591. The predicted octanol–water partition coefficient (Wildman–Crippen LogP) is 1.85. The number of hydrogen-bond donors (Lipinski definition) is 1. The van der Waals surface area contributed by atoms with E-state index in [-0.39, 0.29) is 12.8 Å². The molecule has 0 amide bonds. The molecule has 18 heavy (non-hydrogen) atoms. The quantitative estimate of drug-likeness (QED) is 0.899. The van der Waals surface area contributed by atoms with E-state index in [9.17, 15) is 0 Å². The smallest absolute Gasteiger partial charge is 0.231 e. The molecule has 5 nitrogen and oxygen atoms in total. The van der Waals surface area contributed by atoms with Gasteiger partial charge >= 0.3 is 0 Å². The molecule has 0 bridgehead atoms. The summed E-state index contributed by atoms with van der Waals surface area (Å²) in [7, 11) is 0. The molecule has 1 unspecified atom stereocenters. The van der Waals surface area contributed by atoms with Gasteiger partial charge in [-0.2, -0.15) is 0 Å². The summed E-state index contributed by atoms with van der Waals surface area (Å²) in [5.41, 5.74) is 7.79. The number of rotatable bonds is 3. The second-order valence-electron chi connectivity index (χ2n) is 4.53. The lowest BCUT2D eigenvalue weighted by Crippen LogP contribution is -2.17. The highest BCUT2D eigenvalue weighted by atomic mass is 16.7. The van der Waals surface area contributed by atoms with Crippen LogP contribution in [0.2, 0.25) is 0 Å². The highest BCUT2D eigenvalue weighted by Crippen LogP contribution is 2.37. The Hall–Kier alpha value is -1.75. The van der Waals surface area contributed by atoms with Crippen LogP contribution in [0.3, 0.4) is 0 Å². The largest absolute Gasteiger partial charge is 0.454 e. The first-order chi connectivity index (χ1) is 8.74. The van der Waals surface area contributed by atoms with Crippen LogP contribution in [0.1, 0.15) is 25.7 Å². The number of nitrogens with zero attached hydrogens (tertiary/aromatic N) is 2. The van der Waals surface area contributed by atoms with Gasteiger partial charge in [0.05, 0.1) is 11.0 Å². The molecule has 0 radical (unpaired) electrons. The van der Waals surface area contributed by atoms with E-state index in [0.717, 1.165) is 34.8 Å². The molecule has 5 heteroatoms. The highest BCUT2D eigenvalue weighted by molar-refractivity contribution is 5.81. The number of nitrogens with two attached hydrogens (primary N) is 1. The van der Waals surface area contributed by atoms with Gasteiger partial charge in [-0.1, -0.05) is 6.92 Å². The van der Waals surface area contributed by atoms with E-state index in [1.54, 1.807) is 0 Å². The number of imidazole rings is 1. The van der Waals surface area contributed by atoms with Gasteiger partial charge in [-0.3, -0.25) is 0 Å². The number of ether oxygens (including phenoxy) is 2. The zero-order valence-electron chi connectivity index (χ0n) is 10.6. The molecule has 3 rings (SSSR count). The number of hydrogen-bond acceptors (Lipinski definition) is 4. The summed E-state index contributed by atoms with van der Waals surface area (Å²) in [5, 5.41) is 0. The molecule has 2 aromatic rings. The summed E-state index contributed by atoms with van der Waals surface area (Å²) < 4.78 is 13.0. The maximum Gasteiger partial charge on any atom is 0.231 e. The fraction of sp³-hybridized carbons (Fsp3) is 0.462. The van der Waals surface area contributed by atoms with Gasteiger partial charge < -0.3 is 19.8 Å². The summed E-state index contributed by atoms with van der Waals surface area (Å²) in [4.78, 5) is 4.65. The standard InChI is InChI=1S/C13H17N3O2/c1-3-13-15-9-4-11-12(18-7-17-11)5-10(9)16(13)8(2)6-14/h4-5,8H,3,6-7,14H2,1-2H3. The Morgan fingerprint density at radius 2 is 2.11 bits per heavy atom. The average molecular weight is 247 g/mol. The third kappa shape index (κ3) is 1.54. The third-order valence-corrected chi connectivity index (χ3v) is 3.36. The number of benzene rings is 1. The minimum atomic E-state index is 0.227. The topological polar surface area (TPSA) is 62.3 Å². The Morgan fingerprint density at radius 3 is 2.78 bits per heavy atom. The molecule has 1 aliphatic heterocycles. The lowest BCUT2D eigenvalue weighted by molar-refractivity contribution is 0.174. The first kappa shape index (κ1) is 11.3. The zero-order valence-corrected chi connectivity index (χ0v) is 10.6. The van der Waals surface area contributed by atoms with Crippen molar-refractivity contribution < 1.29 is 9.47 Å². The van der Waals surface area contributed by atoms with Crippen LogP contribution >= 0.6 is 0 Å². The lowest BCUT2D eigenvalue weighted by atomic mass is 10.2. The van der Waals surface area contributed by atoms with E-state index in [0.29, 0.717) is 6.54 Å². The molecule has 1 aromatic heterocycles. The number of fused-ring (bicyclic) bond motifs is 2. The summed E-state index contributed by atoms with van der Waals surface area (Å²) in [6, 6.07) is 4.16. The van der Waals surface area contributed by atoms with Crippen LogP contribution in [0.5, 0.6) is 11.5 Å². The average Bonchev–Trinajstić information content (AvgIpc) is 2.97. The Morgan fingerprint density at radius 1 is 1.39 bits per heavy atom.